The molecule has 2 aromatic heterocycles. The minimum Gasteiger partial charge on any atom is -0.494 e. The number of aromatic nitrogens is 4. The van der Waals surface area contributed by atoms with E-state index >= 15 is 0 Å². The van der Waals surface area contributed by atoms with E-state index in [9.17, 15) is 0 Å². The Labute approximate surface area is 151 Å². The molecule has 0 saturated heterocycles. The molecule has 0 aliphatic heterocycles. The predicted octanol–water partition coefficient (Wildman–Crippen LogP) is 4.09. The summed E-state index contributed by atoms with van der Waals surface area (Å²) in [6.07, 6.45) is 1.69. The lowest BCUT2D eigenvalue weighted by atomic mass is 10.1. The molecule has 4 aromatic rings. The highest BCUT2D eigenvalue weighted by atomic mass is 16.5. The standard InChI is InChI=1S/C20H19N5O/c1-13-11-18(23-19-16(13)5-4-6-17(19)26-3)22-15-9-7-14(8-10-15)20-24-21-12-25(20)2/h4-12H,1-3H3,(H,22,23). The fourth-order valence-corrected chi connectivity index (χ4v) is 3.02. The van der Waals surface area contributed by atoms with Gasteiger partial charge in [0.2, 0.25) is 0 Å². The lowest BCUT2D eigenvalue weighted by Crippen LogP contribution is -1.97. The zero-order chi connectivity index (χ0) is 18.1. The fourth-order valence-electron chi connectivity index (χ4n) is 3.02. The van der Waals surface area contributed by atoms with E-state index in [1.165, 1.54) is 0 Å². The van der Waals surface area contributed by atoms with Crippen LogP contribution in [0.2, 0.25) is 0 Å². The molecule has 4 rings (SSSR count). The van der Waals surface area contributed by atoms with E-state index in [1.807, 2.05) is 54.1 Å². The van der Waals surface area contributed by atoms with E-state index in [0.717, 1.165) is 45.1 Å². The van der Waals surface area contributed by atoms with Crippen LogP contribution in [-0.4, -0.2) is 26.9 Å². The number of benzene rings is 2. The van der Waals surface area contributed by atoms with Crippen molar-refractivity contribution < 1.29 is 4.74 Å². The van der Waals surface area contributed by atoms with E-state index in [4.69, 9.17) is 9.72 Å². The van der Waals surface area contributed by atoms with Crippen molar-refractivity contribution in [3.05, 3.63) is 60.4 Å². The molecule has 0 aliphatic rings. The van der Waals surface area contributed by atoms with Gasteiger partial charge in [0, 0.05) is 23.7 Å². The predicted molar refractivity (Wildman–Crippen MR) is 103 cm³/mol. The van der Waals surface area contributed by atoms with Crippen molar-refractivity contribution in [3.63, 3.8) is 0 Å². The molecule has 0 atom stereocenters. The Morgan fingerprint density at radius 1 is 1.08 bits per heavy atom. The van der Waals surface area contributed by atoms with Crippen molar-refractivity contribution in [1.82, 2.24) is 19.7 Å². The fraction of sp³-hybridized carbons (Fsp3) is 0.150. The third-order valence-electron chi connectivity index (χ3n) is 4.36. The van der Waals surface area contributed by atoms with Crippen molar-refractivity contribution in [2.45, 2.75) is 6.92 Å². The molecule has 0 unspecified atom stereocenters. The van der Waals surface area contributed by atoms with Gasteiger partial charge in [-0.15, -0.1) is 10.2 Å². The van der Waals surface area contributed by atoms with Crippen molar-refractivity contribution >= 4 is 22.4 Å². The second-order valence-electron chi connectivity index (χ2n) is 6.15. The number of para-hydroxylation sites is 1. The van der Waals surface area contributed by atoms with Crippen LogP contribution < -0.4 is 10.1 Å². The minimum atomic E-state index is 0.770. The van der Waals surface area contributed by atoms with Crippen LogP contribution >= 0.6 is 0 Å². The highest BCUT2D eigenvalue weighted by Crippen LogP contribution is 2.29. The van der Waals surface area contributed by atoms with Crippen LogP contribution in [0.1, 0.15) is 5.56 Å². The van der Waals surface area contributed by atoms with E-state index < -0.39 is 0 Å². The van der Waals surface area contributed by atoms with Crippen LogP contribution in [0.25, 0.3) is 22.3 Å². The van der Waals surface area contributed by atoms with Crippen molar-refractivity contribution in [2.24, 2.45) is 7.05 Å². The second-order valence-corrected chi connectivity index (χ2v) is 6.15. The maximum Gasteiger partial charge on any atom is 0.163 e. The molecule has 0 bridgehead atoms. The topological polar surface area (TPSA) is 64.9 Å². The van der Waals surface area contributed by atoms with Gasteiger partial charge in [0.1, 0.15) is 23.4 Å². The first kappa shape index (κ1) is 16.1. The summed E-state index contributed by atoms with van der Waals surface area (Å²) >= 11 is 0. The summed E-state index contributed by atoms with van der Waals surface area (Å²) in [5.41, 5.74) is 3.97. The Balaban J connectivity index is 1.66. The number of nitrogens with zero attached hydrogens (tertiary/aromatic N) is 4. The number of hydrogen-bond acceptors (Lipinski definition) is 5. The monoisotopic (exact) mass is 345 g/mol. The Morgan fingerprint density at radius 2 is 1.88 bits per heavy atom. The molecular weight excluding hydrogens is 326 g/mol. The molecule has 6 heteroatoms. The molecule has 6 nitrogen and oxygen atoms in total. The minimum absolute atomic E-state index is 0.770. The molecule has 2 heterocycles. The van der Waals surface area contributed by atoms with E-state index in [-0.39, 0.29) is 0 Å². The first-order chi connectivity index (χ1) is 12.7. The SMILES string of the molecule is COc1cccc2c(C)cc(Nc3ccc(-c4nncn4C)cc3)nc12. The van der Waals surface area contributed by atoms with Gasteiger partial charge >= 0.3 is 0 Å². The van der Waals surface area contributed by atoms with Crippen LogP contribution in [-0.2, 0) is 7.05 Å². The van der Waals surface area contributed by atoms with Crippen LogP contribution in [0.4, 0.5) is 11.5 Å². The zero-order valence-electron chi connectivity index (χ0n) is 14.9. The lowest BCUT2D eigenvalue weighted by molar-refractivity contribution is 0.419. The number of hydrogen-bond donors (Lipinski definition) is 1. The van der Waals surface area contributed by atoms with Gasteiger partial charge in [-0.25, -0.2) is 4.98 Å². The Hall–Kier alpha value is -3.41. The van der Waals surface area contributed by atoms with Crippen LogP contribution in [0.3, 0.4) is 0 Å². The lowest BCUT2D eigenvalue weighted by Gasteiger charge is -2.11. The Bertz CT molecular complexity index is 1070. The van der Waals surface area contributed by atoms with Gasteiger partial charge in [0.25, 0.3) is 0 Å². The van der Waals surface area contributed by atoms with Crippen molar-refractivity contribution in [3.8, 4) is 17.1 Å². The van der Waals surface area contributed by atoms with Crippen LogP contribution in [0, 0.1) is 6.92 Å². The number of fused-ring (bicyclic) bond motifs is 1. The number of aryl methyl sites for hydroxylation is 2. The molecule has 1 N–H and O–H groups in total. The number of rotatable bonds is 4. The van der Waals surface area contributed by atoms with Crippen LogP contribution in [0.15, 0.2) is 54.9 Å². The zero-order valence-corrected chi connectivity index (χ0v) is 14.9. The molecule has 0 radical (unpaired) electrons. The summed E-state index contributed by atoms with van der Waals surface area (Å²) in [5.74, 6) is 2.39. The number of nitrogens with one attached hydrogen (secondary N) is 1. The average molecular weight is 345 g/mol. The summed E-state index contributed by atoms with van der Waals surface area (Å²) in [6, 6.07) is 16.0. The molecule has 26 heavy (non-hydrogen) atoms. The van der Waals surface area contributed by atoms with E-state index in [1.54, 1.807) is 13.4 Å². The summed E-state index contributed by atoms with van der Waals surface area (Å²) in [7, 11) is 3.59. The summed E-state index contributed by atoms with van der Waals surface area (Å²) in [4.78, 5) is 4.73. The van der Waals surface area contributed by atoms with Gasteiger partial charge in [0.15, 0.2) is 5.82 Å². The molecule has 0 fully saturated rings. The van der Waals surface area contributed by atoms with Gasteiger partial charge in [-0.3, -0.25) is 0 Å². The number of anilines is 2. The van der Waals surface area contributed by atoms with Crippen LogP contribution in [0.5, 0.6) is 5.75 Å². The number of pyridine rings is 1. The molecule has 0 spiro atoms. The quantitative estimate of drug-likeness (QED) is 0.603. The molecule has 0 amide bonds. The highest BCUT2D eigenvalue weighted by Gasteiger charge is 2.08. The first-order valence-electron chi connectivity index (χ1n) is 8.31. The highest BCUT2D eigenvalue weighted by molar-refractivity contribution is 5.89. The molecule has 0 aliphatic carbocycles. The maximum atomic E-state index is 5.45. The molecule has 2 aromatic carbocycles. The Morgan fingerprint density at radius 3 is 2.58 bits per heavy atom. The number of ether oxygens (including phenoxy) is 1. The normalized spacial score (nSPS) is 10.9. The summed E-state index contributed by atoms with van der Waals surface area (Å²) in [5, 5.41) is 12.5. The smallest absolute Gasteiger partial charge is 0.163 e. The summed E-state index contributed by atoms with van der Waals surface area (Å²) < 4.78 is 7.34. The third kappa shape index (κ3) is 2.86. The largest absolute Gasteiger partial charge is 0.494 e. The van der Waals surface area contributed by atoms with Gasteiger partial charge < -0.3 is 14.6 Å². The van der Waals surface area contributed by atoms with Gasteiger partial charge in [-0.05, 0) is 48.9 Å². The van der Waals surface area contributed by atoms with E-state index in [2.05, 4.69) is 28.5 Å². The van der Waals surface area contributed by atoms with Gasteiger partial charge in [-0.1, -0.05) is 12.1 Å². The van der Waals surface area contributed by atoms with Crippen molar-refractivity contribution in [1.29, 1.82) is 0 Å². The van der Waals surface area contributed by atoms with Gasteiger partial charge in [-0.2, -0.15) is 0 Å². The van der Waals surface area contributed by atoms with Gasteiger partial charge in [0.05, 0.1) is 7.11 Å². The first-order valence-corrected chi connectivity index (χ1v) is 8.31. The molecule has 0 saturated carbocycles. The molecular formula is C20H19N5O. The maximum absolute atomic E-state index is 5.45. The Kier molecular flexibility index (Phi) is 4.01. The summed E-state index contributed by atoms with van der Waals surface area (Å²) in [6.45, 7) is 2.08. The molecule has 130 valence electrons. The number of methoxy groups -OCH3 is 1. The second kappa shape index (κ2) is 6.48. The van der Waals surface area contributed by atoms with Crippen molar-refractivity contribution in [2.75, 3.05) is 12.4 Å². The average Bonchev–Trinajstić information content (AvgIpc) is 3.08. The third-order valence-corrected chi connectivity index (χ3v) is 4.36. The van der Waals surface area contributed by atoms with E-state index in [0.29, 0.717) is 0 Å².